The molecule has 0 spiro atoms. The number of nitrogens with one attached hydrogen (secondary N) is 2. The lowest BCUT2D eigenvalue weighted by Crippen LogP contribution is -2.14. The lowest BCUT2D eigenvalue weighted by Gasteiger charge is -2.12. The van der Waals surface area contributed by atoms with Crippen molar-refractivity contribution in [3.05, 3.63) is 77.1 Å². The van der Waals surface area contributed by atoms with Gasteiger partial charge in [-0.25, -0.2) is 0 Å². The molecule has 3 rings (SSSR count). The number of carbonyl (C=O) groups excluding carboxylic acids is 1. The first-order valence-corrected chi connectivity index (χ1v) is 8.38. The Morgan fingerprint density at radius 3 is 2.69 bits per heavy atom. The van der Waals surface area contributed by atoms with Crippen LogP contribution in [0.2, 0.25) is 5.02 Å². The summed E-state index contributed by atoms with van der Waals surface area (Å²) in [6.45, 7) is 1.98. The highest BCUT2D eigenvalue weighted by Gasteiger charge is 2.11. The molecule has 0 bridgehead atoms. The van der Waals surface area contributed by atoms with E-state index in [4.69, 9.17) is 16.3 Å². The molecule has 0 saturated heterocycles. The molecule has 26 heavy (non-hydrogen) atoms. The van der Waals surface area contributed by atoms with E-state index in [1.807, 2.05) is 37.3 Å². The lowest BCUT2D eigenvalue weighted by molar-refractivity contribution is 0.102. The second-order valence-electron chi connectivity index (χ2n) is 5.67. The van der Waals surface area contributed by atoms with E-state index in [0.29, 0.717) is 22.2 Å². The van der Waals surface area contributed by atoms with E-state index in [1.165, 1.54) is 0 Å². The maximum absolute atomic E-state index is 12.5. The number of aromatic nitrogens is 1. The fourth-order valence-electron chi connectivity index (χ4n) is 2.45. The molecule has 0 aliphatic heterocycles. The third kappa shape index (κ3) is 4.13. The average Bonchev–Trinajstić information content (AvgIpc) is 2.65. The number of hydrogen-bond acceptors (Lipinski definition) is 4. The number of pyridine rings is 1. The molecule has 0 atom stereocenters. The summed E-state index contributed by atoms with van der Waals surface area (Å²) in [4.78, 5) is 16.7. The Balaban J connectivity index is 1.80. The first kappa shape index (κ1) is 17.8. The molecule has 1 aromatic heterocycles. The molecule has 5 nitrogen and oxygen atoms in total. The molecule has 0 fully saturated rings. The minimum Gasteiger partial charge on any atom is -0.495 e. The fraction of sp³-hybridized carbons (Fsp3) is 0.100. The molecule has 2 N–H and O–H groups in total. The fourth-order valence-corrected chi connectivity index (χ4v) is 2.62. The number of methoxy groups -OCH3 is 1. The van der Waals surface area contributed by atoms with Crippen molar-refractivity contribution < 1.29 is 9.53 Å². The van der Waals surface area contributed by atoms with Crippen LogP contribution >= 0.6 is 11.6 Å². The van der Waals surface area contributed by atoms with Crippen molar-refractivity contribution >= 4 is 34.6 Å². The molecular formula is C20H18ClN3O2. The van der Waals surface area contributed by atoms with Crippen molar-refractivity contribution in [2.45, 2.75) is 6.92 Å². The predicted molar refractivity (Wildman–Crippen MR) is 105 cm³/mol. The van der Waals surface area contributed by atoms with Gasteiger partial charge < -0.3 is 15.4 Å². The molecule has 0 aliphatic rings. The summed E-state index contributed by atoms with van der Waals surface area (Å²) in [6, 6.07) is 16.3. The minimum absolute atomic E-state index is 0.292. The number of ether oxygens (including phenoxy) is 1. The Morgan fingerprint density at radius 1 is 1.08 bits per heavy atom. The lowest BCUT2D eigenvalue weighted by atomic mass is 10.2. The number of hydrogen-bond donors (Lipinski definition) is 2. The average molecular weight is 368 g/mol. The maximum Gasteiger partial charge on any atom is 0.274 e. The third-order valence-corrected chi connectivity index (χ3v) is 4.06. The van der Waals surface area contributed by atoms with Crippen LogP contribution in [0.4, 0.5) is 17.1 Å². The van der Waals surface area contributed by atoms with Crippen LogP contribution in [0.25, 0.3) is 0 Å². The summed E-state index contributed by atoms with van der Waals surface area (Å²) in [6.07, 6.45) is 1.58. The predicted octanol–water partition coefficient (Wildman–Crippen LogP) is 5.05. The smallest absolute Gasteiger partial charge is 0.274 e. The van der Waals surface area contributed by atoms with Crippen LogP contribution in [0, 0.1) is 6.92 Å². The zero-order valence-electron chi connectivity index (χ0n) is 14.4. The monoisotopic (exact) mass is 367 g/mol. The highest BCUT2D eigenvalue weighted by molar-refractivity contribution is 6.30. The molecule has 1 heterocycles. The van der Waals surface area contributed by atoms with Crippen LogP contribution in [0.1, 0.15) is 16.1 Å². The van der Waals surface area contributed by atoms with E-state index < -0.39 is 0 Å². The molecule has 0 unspecified atom stereocenters. The zero-order chi connectivity index (χ0) is 18.5. The van der Waals surface area contributed by atoms with Gasteiger partial charge in [-0.15, -0.1) is 0 Å². The first-order valence-electron chi connectivity index (χ1n) is 8.00. The van der Waals surface area contributed by atoms with Gasteiger partial charge in [0.2, 0.25) is 0 Å². The highest BCUT2D eigenvalue weighted by Crippen LogP contribution is 2.26. The Labute approximate surface area is 157 Å². The van der Waals surface area contributed by atoms with E-state index >= 15 is 0 Å². The number of anilines is 3. The summed E-state index contributed by atoms with van der Waals surface area (Å²) >= 11 is 6.06. The quantitative estimate of drug-likeness (QED) is 0.662. The SMILES string of the molecule is COc1ccccc1NC(=O)c1cc(Nc2cc(Cl)ccc2C)ccn1. The topological polar surface area (TPSA) is 63.2 Å². The maximum atomic E-state index is 12.5. The largest absolute Gasteiger partial charge is 0.495 e. The molecule has 132 valence electrons. The zero-order valence-corrected chi connectivity index (χ0v) is 15.2. The van der Waals surface area contributed by atoms with Crippen molar-refractivity contribution in [1.29, 1.82) is 0 Å². The normalized spacial score (nSPS) is 10.3. The van der Waals surface area contributed by atoms with E-state index in [2.05, 4.69) is 15.6 Å². The van der Waals surface area contributed by atoms with Gasteiger partial charge in [-0.1, -0.05) is 29.8 Å². The van der Waals surface area contributed by atoms with Crippen LogP contribution in [0.5, 0.6) is 5.75 Å². The van der Waals surface area contributed by atoms with Crippen molar-refractivity contribution in [3.63, 3.8) is 0 Å². The Bertz CT molecular complexity index is 944. The van der Waals surface area contributed by atoms with Gasteiger partial charge in [0.15, 0.2) is 0 Å². The van der Waals surface area contributed by atoms with Gasteiger partial charge in [0.05, 0.1) is 12.8 Å². The van der Waals surface area contributed by atoms with Crippen LogP contribution in [0.3, 0.4) is 0 Å². The third-order valence-electron chi connectivity index (χ3n) is 3.83. The second-order valence-corrected chi connectivity index (χ2v) is 6.10. The molecule has 0 saturated carbocycles. The number of halogens is 1. The van der Waals surface area contributed by atoms with E-state index in [9.17, 15) is 4.79 Å². The van der Waals surface area contributed by atoms with Gasteiger partial charge >= 0.3 is 0 Å². The number of nitrogens with zero attached hydrogens (tertiary/aromatic N) is 1. The minimum atomic E-state index is -0.319. The van der Waals surface area contributed by atoms with Gasteiger partial charge in [-0.05, 0) is 48.9 Å². The van der Waals surface area contributed by atoms with Crippen LogP contribution in [-0.4, -0.2) is 18.0 Å². The second kappa shape index (κ2) is 7.89. The van der Waals surface area contributed by atoms with Crippen LogP contribution in [0.15, 0.2) is 60.8 Å². The summed E-state index contributed by atoms with van der Waals surface area (Å²) in [5, 5.41) is 6.72. The molecule has 3 aromatic rings. The van der Waals surface area contributed by atoms with Gasteiger partial charge in [0, 0.05) is 22.6 Å². The van der Waals surface area contributed by atoms with Crippen molar-refractivity contribution in [1.82, 2.24) is 4.98 Å². The Morgan fingerprint density at radius 2 is 1.88 bits per heavy atom. The molecule has 1 amide bonds. The summed E-state index contributed by atoms with van der Waals surface area (Å²) in [7, 11) is 1.56. The molecule has 0 aliphatic carbocycles. The van der Waals surface area contributed by atoms with Crippen molar-refractivity contribution in [2.24, 2.45) is 0 Å². The first-order chi connectivity index (χ1) is 12.6. The van der Waals surface area contributed by atoms with Crippen molar-refractivity contribution in [2.75, 3.05) is 17.7 Å². The van der Waals surface area contributed by atoms with Gasteiger partial charge in [0.25, 0.3) is 5.91 Å². The number of aryl methyl sites for hydroxylation is 1. The van der Waals surface area contributed by atoms with E-state index in [-0.39, 0.29) is 5.91 Å². The van der Waals surface area contributed by atoms with E-state index in [0.717, 1.165) is 16.9 Å². The van der Waals surface area contributed by atoms with Crippen LogP contribution < -0.4 is 15.4 Å². The van der Waals surface area contributed by atoms with E-state index in [1.54, 1.807) is 37.6 Å². The van der Waals surface area contributed by atoms with Gasteiger partial charge in [-0.2, -0.15) is 0 Å². The molecular weight excluding hydrogens is 350 g/mol. The molecule has 0 radical (unpaired) electrons. The number of carbonyl (C=O) groups is 1. The molecule has 6 heteroatoms. The van der Waals surface area contributed by atoms with Crippen molar-refractivity contribution in [3.8, 4) is 5.75 Å². The molecule has 2 aromatic carbocycles. The standard InChI is InChI=1S/C20H18ClN3O2/c1-13-7-8-14(21)11-17(13)23-15-9-10-22-18(12-15)20(25)24-16-5-3-4-6-19(16)26-2/h3-12H,1-2H3,(H,22,23)(H,24,25). The Hall–Kier alpha value is -3.05. The van der Waals surface area contributed by atoms with Gasteiger partial charge in [0.1, 0.15) is 11.4 Å². The highest BCUT2D eigenvalue weighted by atomic mass is 35.5. The van der Waals surface area contributed by atoms with Crippen LogP contribution in [-0.2, 0) is 0 Å². The van der Waals surface area contributed by atoms with Gasteiger partial charge in [-0.3, -0.25) is 9.78 Å². The number of amides is 1. The number of benzene rings is 2. The summed E-state index contributed by atoms with van der Waals surface area (Å²) < 4.78 is 5.25. The Kier molecular flexibility index (Phi) is 5.39. The summed E-state index contributed by atoms with van der Waals surface area (Å²) in [5.74, 6) is 0.269. The number of rotatable bonds is 5. The number of para-hydroxylation sites is 2. The summed E-state index contributed by atoms with van der Waals surface area (Å²) in [5.41, 5.74) is 3.55.